The predicted octanol–water partition coefficient (Wildman–Crippen LogP) is -0.693. The van der Waals surface area contributed by atoms with E-state index in [1.165, 1.54) is 12.5 Å². The van der Waals surface area contributed by atoms with Gasteiger partial charge in [0, 0.05) is 12.4 Å². The van der Waals surface area contributed by atoms with Crippen molar-refractivity contribution in [1.82, 2.24) is 29.9 Å². The van der Waals surface area contributed by atoms with Crippen molar-refractivity contribution in [1.29, 1.82) is 0 Å². The molecule has 0 atom stereocenters. The molecule has 3 aromatic rings. The van der Waals surface area contributed by atoms with E-state index >= 15 is 0 Å². The Labute approximate surface area is 106 Å². The van der Waals surface area contributed by atoms with E-state index in [1.54, 1.807) is 6.20 Å². The summed E-state index contributed by atoms with van der Waals surface area (Å²) in [5.41, 5.74) is 6.31. The molecule has 0 amide bonds. The molecule has 19 heavy (non-hydrogen) atoms. The van der Waals surface area contributed by atoms with Crippen molar-refractivity contribution in [2.75, 3.05) is 5.73 Å². The van der Waals surface area contributed by atoms with Crippen LogP contribution < -0.4 is 17.0 Å². The van der Waals surface area contributed by atoms with Gasteiger partial charge in [-0.05, 0) is 12.5 Å². The average Bonchev–Trinajstić information content (AvgIpc) is 2.82. The summed E-state index contributed by atoms with van der Waals surface area (Å²) in [5.74, 6) is 0.0783. The van der Waals surface area contributed by atoms with Gasteiger partial charge in [-0.3, -0.25) is 9.78 Å². The van der Waals surface area contributed by atoms with Crippen molar-refractivity contribution in [3.8, 4) is 0 Å². The van der Waals surface area contributed by atoms with Crippen LogP contribution in [0.5, 0.6) is 0 Å². The van der Waals surface area contributed by atoms with Gasteiger partial charge in [0.05, 0.1) is 6.33 Å². The molecule has 0 aliphatic rings. The number of nitrogens with two attached hydrogens (primary N) is 1. The first-order chi connectivity index (χ1) is 9.06. The van der Waals surface area contributed by atoms with Crippen molar-refractivity contribution < 1.29 is 0 Å². The summed E-state index contributed by atoms with van der Waals surface area (Å²) in [6.45, 7) is 1.86. The van der Waals surface area contributed by atoms with Crippen LogP contribution in [0, 0.1) is 6.92 Å². The van der Waals surface area contributed by atoms with Crippen LogP contribution in [-0.2, 0) is 0 Å². The van der Waals surface area contributed by atoms with E-state index in [0.717, 1.165) is 5.56 Å². The molecule has 0 aliphatic carbocycles. The van der Waals surface area contributed by atoms with Crippen LogP contribution in [0.25, 0.3) is 11.2 Å². The van der Waals surface area contributed by atoms with E-state index in [1.807, 2.05) is 6.92 Å². The number of nitrogen functional groups attached to an aromatic ring is 1. The highest BCUT2D eigenvalue weighted by atomic mass is 16.1. The lowest BCUT2D eigenvalue weighted by Crippen LogP contribution is -2.10. The van der Waals surface area contributed by atoms with E-state index in [9.17, 15) is 9.59 Å². The zero-order valence-electron chi connectivity index (χ0n) is 9.97. The summed E-state index contributed by atoms with van der Waals surface area (Å²) in [5, 5.41) is 0. The molecular formula is C10H11N7O2. The standard InChI is InChI=1S/C5H5N5O.C5H6N2O/c6-5-9-3-2(4(11)10-5)7-1-8-3;1-4-2-6-5(8)7-3-4/h1H,(H4,6,7,8,9,10,11);2-3H,1H3,(H,6,7,8). The van der Waals surface area contributed by atoms with Gasteiger partial charge in [0.1, 0.15) is 0 Å². The minimum Gasteiger partial charge on any atom is -0.369 e. The van der Waals surface area contributed by atoms with Crippen molar-refractivity contribution in [2.45, 2.75) is 6.92 Å². The number of nitrogens with one attached hydrogen (secondary N) is 3. The largest absolute Gasteiger partial charge is 0.369 e. The number of H-pyrrole nitrogens is 3. The molecule has 3 aromatic heterocycles. The Bertz CT molecular complexity index is 781. The van der Waals surface area contributed by atoms with Crippen LogP contribution >= 0.6 is 0 Å². The van der Waals surface area contributed by atoms with E-state index < -0.39 is 0 Å². The Kier molecular flexibility index (Phi) is 3.37. The van der Waals surface area contributed by atoms with Crippen molar-refractivity contribution in [3.05, 3.63) is 45.1 Å². The maximum Gasteiger partial charge on any atom is 0.344 e. The zero-order valence-corrected chi connectivity index (χ0v) is 9.97. The molecule has 3 rings (SSSR count). The van der Waals surface area contributed by atoms with Crippen molar-refractivity contribution in [2.24, 2.45) is 0 Å². The second-order valence-corrected chi connectivity index (χ2v) is 3.65. The van der Waals surface area contributed by atoms with Gasteiger partial charge in [0.2, 0.25) is 5.95 Å². The van der Waals surface area contributed by atoms with Gasteiger partial charge in [-0.25, -0.2) is 14.8 Å². The number of imidazole rings is 1. The lowest BCUT2D eigenvalue weighted by molar-refractivity contribution is 1.05. The first-order valence-corrected chi connectivity index (χ1v) is 5.26. The SMILES string of the molecule is Cc1cnc(=O)[nH]c1.Nc1nc2nc[nH]c2c(=O)[nH]1. The summed E-state index contributed by atoms with van der Waals surface area (Å²) in [6, 6.07) is 0. The highest BCUT2D eigenvalue weighted by Crippen LogP contribution is 1.98. The van der Waals surface area contributed by atoms with Gasteiger partial charge in [-0.1, -0.05) is 0 Å². The fourth-order valence-corrected chi connectivity index (χ4v) is 1.27. The Morgan fingerprint density at radius 1 is 1.21 bits per heavy atom. The Balaban J connectivity index is 0.000000148. The molecule has 0 radical (unpaired) electrons. The van der Waals surface area contributed by atoms with Gasteiger partial charge in [-0.2, -0.15) is 4.98 Å². The first kappa shape index (κ1) is 12.5. The molecule has 0 bridgehead atoms. The summed E-state index contributed by atoms with van der Waals surface area (Å²) in [4.78, 5) is 39.7. The van der Waals surface area contributed by atoms with Crippen LogP contribution in [-0.4, -0.2) is 29.9 Å². The molecule has 0 fully saturated rings. The monoisotopic (exact) mass is 261 g/mol. The predicted molar refractivity (Wildman–Crippen MR) is 68.5 cm³/mol. The molecule has 0 aliphatic heterocycles. The smallest absolute Gasteiger partial charge is 0.344 e. The van der Waals surface area contributed by atoms with E-state index in [2.05, 4.69) is 29.9 Å². The van der Waals surface area contributed by atoms with Crippen molar-refractivity contribution in [3.63, 3.8) is 0 Å². The van der Waals surface area contributed by atoms with Crippen molar-refractivity contribution >= 4 is 17.1 Å². The number of aryl methyl sites for hydroxylation is 1. The van der Waals surface area contributed by atoms with Gasteiger partial charge in [0.15, 0.2) is 11.2 Å². The van der Waals surface area contributed by atoms with Gasteiger partial charge < -0.3 is 15.7 Å². The molecule has 0 saturated carbocycles. The fraction of sp³-hybridized carbons (Fsp3) is 0.100. The molecular weight excluding hydrogens is 250 g/mol. The number of aromatic nitrogens is 6. The quantitative estimate of drug-likeness (QED) is 0.421. The van der Waals surface area contributed by atoms with Crippen LogP contribution in [0.2, 0.25) is 0 Å². The van der Waals surface area contributed by atoms with Gasteiger partial charge in [-0.15, -0.1) is 0 Å². The molecule has 9 nitrogen and oxygen atoms in total. The molecule has 0 unspecified atom stereocenters. The Morgan fingerprint density at radius 2 is 2.00 bits per heavy atom. The van der Waals surface area contributed by atoms with Crippen LogP contribution in [0.4, 0.5) is 5.95 Å². The Morgan fingerprint density at radius 3 is 2.63 bits per heavy atom. The lowest BCUT2D eigenvalue weighted by atomic mass is 10.4. The second-order valence-electron chi connectivity index (χ2n) is 3.65. The third kappa shape index (κ3) is 3.03. The number of hydrogen-bond donors (Lipinski definition) is 4. The molecule has 0 spiro atoms. The zero-order chi connectivity index (χ0) is 13.8. The van der Waals surface area contributed by atoms with E-state index in [4.69, 9.17) is 5.73 Å². The minimum absolute atomic E-state index is 0.0783. The summed E-state index contributed by atoms with van der Waals surface area (Å²) in [6.07, 6.45) is 4.54. The maximum atomic E-state index is 11.0. The summed E-state index contributed by atoms with van der Waals surface area (Å²) in [7, 11) is 0. The second kappa shape index (κ2) is 5.12. The molecule has 3 heterocycles. The molecule has 9 heteroatoms. The summed E-state index contributed by atoms with van der Waals surface area (Å²) >= 11 is 0. The van der Waals surface area contributed by atoms with E-state index in [-0.39, 0.29) is 17.2 Å². The number of aromatic amines is 3. The minimum atomic E-state index is -0.301. The third-order valence-corrected chi connectivity index (χ3v) is 2.12. The normalized spacial score (nSPS) is 9.95. The first-order valence-electron chi connectivity index (χ1n) is 5.26. The van der Waals surface area contributed by atoms with Gasteiger partial charge in [0.25, 0.3) is 5.56 Å². The van der Waals surface area contributed by atoms with E-state index in [0.29, 0.717) is 11.2 Å². The summed E-state index contributed by atoms with van der Waals surface area (Å²) < 4.78 is 0. The van der Waals surface area contributed by atoms with Crippen LogP contribution in [0.1, 0.15) is 5.56 Å². The molecule has 5 N–H and O–H groups in total. The lowest BCUT2D eigenvalue weighted by Gasteiger charge is -1.89. The maximum absolute atomic E-state index is 11.0. The highest BCUT2D eigenvalue weighted by molar-refractivity contribution is 5.69. The number of fused-ring (bicyclic) bond motifs is 1. The topological polar surface area (TPSA) is 146 Å². The average molecular weight is 261 g/mol. The van der Waals surface area contributed by atoms with Crippen LogP contribution in [0.15, 0.2) is 28.3 Å². The molecule has 0 saturated heterocycles. The Hall–Kier alpha value is -2.97. The number of rotatable bonds is 0. The van der Waals surface area contributed by atoms with Crippen LogP contribution in [0.3, 0.4) is 0 Å². The number of hydrogen-bond acceptors (Lipinski definition) is 6. The number of nitrogens with zero attached hydrogens (tertiary/aromatic N) is 3. The fourth-order valence-electron chi connectivity index (χ4n) is 1.27. The van der Waals surface area contributed by atoms with Gasteiger partial charge >= 0.3 is 5.69 Å². The number of anilines is 1. The third-order valence-electron chi connectivity index (χ3n) is 2.12. The highest BCUT2D eigenvalue weighted by Gasteiger charge is 2.01. The molecule has 98 valence electrons. The molecule has 0 aromatic carbocycles.